The van der Waals surface area contributed by atoms with Gasteiger partial charge in [-0.15, -0.1) is 11.3 Å². The third-order valence-electron chi connectivity index (χ3n) is 4.12. The summed E-state index contributed by atoms with van der Waals surface area (Å²) in [6.07, 6.45) is 0. The maximum Gasteiger partial charge on any atom is 0.162 e. The van der Waals surface area contributed by atoms with E-state index in [1.165, 1.54) is 10.1 Å². The molecule has 0 saturated carbocycles. The van der Waals surface area contributed by atoms with Crippen molar-refractivity contribution in [2.24, 2.45) is 0 Å². The number of benzene rings is 2. The molecule has 0 amide bonds. The summed E-state index contributed by atoms with van der Waals surface area (Å²) in [7, 11) is 0. The van der Waals surface area contributed by atoms with Gasteiger partial charge in [-0.05, 0) is 25.5 Å². The number of Topliss-reactive ketones (excluding diaryl/α,β-unsaturated/α-hetero) is 1. The van der Waals surface area contributed by atoms with Gasteiger partial charge in [-0.25, -0.2) is 4.98 Å². The molecule has 0 spiro atoms. The van der Waals surface area contributed by atoms with E-state index >= 15 is 0 Å². The number of pyridine rings is 1. The molecule has 0 radical (unpaired) electrons. The fourth-order valence-corrected chi connectivity index (χ4v) is 4.32. The van der Waals surface area contributed by atoms with E-state index in [4.69, 9.17) is 4.98 Å². The zero-order valence-corrected chi connectivity index (χ0v) is 13.8. The number of carbonyl (C=O) groups excluding carboxylic acids is 1. The van der Waals surface area contributed by atoms with Crippen molar-refractivity contribution in [2.45, 2.75) is 13.8 Å². The second-order valence-electron chi connectivity index (χ2n) is 5.65. The van der Waals surface area contributed by atoms with Crippen LogP contribution in [0.2, 0.25) is 0 Å². The molecular formula is C20H15NOS. The number of ketones is 1. The Balaban J connectivity index is 2.27. The summed E-state index contributed by atoms with van der Waals surface area (Å²) >= 11 is 1.68. The van der Waals surface area contributed by atoms with Gasteiger partial charge < -0.3 is 0 Å². The molecule has 0 aliphatic heterocycles. The lowest BCUT2D eigenvalue weighted by atomic mass is 9.93. The summed E-state index contributed by atoms with van der Waals surface area (Å²) in [6, 6.07) is 18.4. The van der Waals surface area contributed by atoms with Crippen molar-refractivity contribution in [3.8, 4) is 11.1 Å². The molecule has 0 bridgehead atoms. The lowest BCUT2D eigenvalue weighted by Crippen LogP contribution is -2.02. The van der Waals surface area contributed by atoms with Gasteiger partial charge in [0.25, 0.3) is 0 Å². The van der Waals surface area contributed by atoms with Gasteiger partial charge in [-0.1, -0.05) is 48.5 Å². The minimum atomic E-state index is 0.0611. The van der Waals surface area contributed by atoms with E-state index in [0.717, 1.165) is 32.6 Å². The third-order valence-corrected chi connectivity index (χ3v) is 5.19. The molecule has 0 fully saturated rings. The van der Waals surface area contributed by atoms with Gasteiger partial charge in [0.1, 0.15) is 4.83 Å². The second-order valence-corrected chi connectivity index (χ2v) is 6.68. The Morgan fingerprint density at radius 3 is 2.43 bits per heavy atom. The number of rotatable bonds is 2. The molecule has 0 aliphatic carbocycles. The predicted molar refractivity (Wildman–Crippen MR) is 97.3 cm³/mol. The first-order chi connectivity index (χ1) is 11.2. The Kier molecular flexibility index (Phi) is 3.24. The molecule has 4 rings (SSSR count). The van der Waals surface area contributed by atoms with Crippen molar-refractivity contribution in [1.82, 2.24) is 4.98 Å². The first kappa shape index (κ1) is 14.1. The highest BCUT2D eigenvalue weighted by Crippen LogP contribution is 2.41. The van der Waals surface area contributed by atoms with Crippen LogP contribution in [-0.4, -0.2) is 10.8 Å². The van der Waals surface area contributed by atoms with E-state index in [-0.39, 0.29) is 5.78 Å². The van der Waals surface area contributed by atoms with Gasteiger partial charge in [0, 0.05) is 26.6 Å². The number of nitrogens with zero attached hydrogens (tertiary/aromatic N) is 1. The Labute approximate surface area is 138 Å². The number of aryl methyl sites for hydroxylation is 1. The van der Waals surface area contributed by atoms with Crippen LogP contribution < -0.4 is 0 Å². The maximum absolute atomic E-state index is 12.3. The molecule has 2 heterocycles. The summed E-state index contributed by atoms with van der Waals surface area (Å²) in [6.45, 7) is 3.55. The molecule has 23 heavy (non-hydrogen) atoms. The molecular weight excluding hydrogens is 302 g/mol. The number of aromatic nitrogens is 1. The molecule has 0 atom stereocenters. The molecule has 2 aromatic heterocycles. The normalized spacial score (nSPS) is 11.2. The number of fused-ring (bicyclic) bond motifs is 3. The molecule has 0 saturated heterocycles. The third kappa shape index (κ3) is 2.16. The molecule has 0 unspecified atom stereocenters. The van der Waals surface area contributed by atoms with Crippen LogP contribution in [0.5, 0.6) is 0 Å². The van der Waals surface area contributed by atoms with Crippen LogP contribution in [0.3, 0.4) is 0 Å². The first-order valence-corrected chi connectivity index (χ1v) is 8.36. The summed E-state index contributed by atoms with van der Waals surface area (Å²) in [4.78, 5) is 18.0. The molecule has 0 N–H and O–H groups in total. The highest BCUT2D eigenvalue weighted by atomic mass is 32.1. The number of hydrogen-bond acceptors (Lipinski definition) is 3. The number of carbonyl (C=O) groups is 1. The van der Waals surface area contributed by atoms with Gasteiger partial charge in [-0.2, -0.15) is 0 Å². The zero-order valence-electron chi connectivity index (χ0n) is 13.0. The maximum atomic E-state index is 12.3. The SMILES string of the molecule is CC(=O)c1c(C)nc2sc3ccccc3c2c1-c1ccccc1. The highest BCUT2D eigenvalue weighted by molar-refractivity contribution is 7.25. The van der Waals surface area contributed by atoms with Gasteiger partial charge in [0.05, 0.1) is 5.69 Å². The first-order valence-electron chi connectivity index (χ1n) is 7.55. The summed E-state index contributed by atoms with van der Waals surface area (Å²) in [5.41, 5.74) is 3.61. The van der Waals surface area contributed by atoms with E-state index < -0.39 is 0 Å². The van der Waals surface area contributed by atoms with Crippen LogP contribution in [0.4, 0.5) is 0 Å². The van der Waals surface area contributed by atoms with E-state index in [9.17, 15) is 4.79 Å². The summed E-state index contributed by atoms with van der Waals surface area (Å²) in [5, 5.41) is 2.26. The van der Waals surface area contributed by atoms with Crippen molar-refractivity contribution in [3.05, 3.63) is 65.9 Å². The van der Waals surface area contributed by atoms with E-state index in [2.05, 4.69) is 24.3 Å². The second kappa shape index (κ2) is 5.28. The highest BCUT2D eigenvalue weighted by Gasteiger charge is 2.20. The molecule has 2 aromatic carbocycles. The van der Waals surface area contributed by atoms with E-state index in [0.29, 0.717) is 0 Å². The van der Waals surface area contributed by atoms with Crippen molar-refractivity contribution < 1.29 is 4.79 Å². The molecule has 4 aromatic rings. The lowest BCUT2D eigenvalue weighted by Gasteiger charge is -2.12. The van der Waals surface area contributed by atoms with Crippen LogP contribution in [-0.2, 0) is 0 Å². The number of thiophene rings is 1. The Morgan fingerprint density at radius 1 is 1.00 bits per heavy atom. The van der Waals surface area contributed by atoms with E-state index in [1.807, 2.05) is 37.3 Å². The molecule has 2 nitrogen and oxygen atoms in total. The zero-order chi connectivity index (χ0) is 16.0. The predicted octanol–water partition coefficient (Wildman–Crippen LogP) is 5.63. The Bertz CT molecular complexity index is 1050. The smallest absolute Gasteiger partial charge is 0.162 e. The minimum absolute atomic E-state index is 0.0611. The quantitative estimate of drug-likeness (QED) is 0.449. The standard InChI is InChI=1S/C20H15NOS/c1-12-17(13(2)22)18(14-8-4-3-5-9-14)19-15-10-6-7-11-16(15)23-20(19)21-12/h3-11H,1-2H3. The van der Waals surface area contributed by atoms with Crippen LogP contribution in [0.25, 0.3) is 31.4 Å². The van der Waals surface area contributed by atoms with Crippen molar-refractivity contribution in [2.75, 3.05) is 0 Å². The summed E-state index contributed by atoms with van der Waals surface area (Å²) in [5.74, 6) is 0.0611. The minimum Gasteiger partial charge on any atom is -0.294 e. The van der Waals surface area contributed by atoms with Crippen LogP contribution in [0, 0.1) is 6.92 Å². The van der Waals surface area contributed by atoms with Crippen molar-refractivity contribution >= 4 is 37.4 Å². The topological polar surface area (TPSA) is 30.0 Å². The van der Waals surface area contributed by atoms with Crippen molar-refractivity contribution in [3.63, 3.8) is 0 Å². The fraction of sp³-hybridized carbons (Fsp3) is 0.100. The Morgan fingerprint density at radius 2 is 1.70 bits per heavy atom. The Hall–Kier alpha value is -2.52. The van der Waals surface area contributed by atoms with Gasteiger partial charge in [0.15, 0.2) is 5.78 Å². The van der Waals surface area contributed by atoms with Crippen LogP contribution >= 0.6 is 11.3 Å². The number of hydrogen-bond donors (Lipinski definition) is 0. The monoisotopic (exact) mass is 317 g/mol. The average molecular weight is 317 g/mol. The van der Waals surface area contributed by atoms with Gasteiger partial charge in [0.2, 0.25) is 0 Å². The molecule has 112 valence electrons. The van der Waals surface area contributed by atoms with Crippen LogP contribution in [0.15, 0.2) is 54.6 Å². The van der Waals surface area contributed by atoms with E-state index in [1.54, 1.807) is 18.3 Å². The average Bonchev–Trinajstić information content (AvgIpc) is 2.91. The molecule has 0 aliphatic rings. The van der Waals surface area contributed by atoms with Gasteiger partial charge >= 0.3 is 0 Å². The molecule has 3 heteroatoms. The largest absolute Gasteiger partial charge is 0.294 e. The lowest BCUT2D eigenvalue weighted by molar-refractivity contribution is 0.101. The fourth-order valence-electron chi connectivity index (χ4n) is 3.19. The summed E-state index contributed by atoms with van der Waals surface area (Å²) < 4.78 is 1.20. The van der Waals surface area contributed by atoms with Crippen molar-refractivity contribution in [1.29, 1.82) is 0 Å². The van der Waals surface area contributed by atoms with Gasteiger partial charge in [-0.3, -0.25) is 4.79 Å². The van der Waals surface area contributed by atoms with Crippen LogP contribution in [0.1, 0.15) is 23.0 Å².